The molecule has 0 aromatic heterocycles. The van der Waals surface area contributed by atoms with Gasteiger partial charge in [0.2, 0.25) is 5.91 Å². The van der Waals surface area contributed by atoms with Gasteiger partial charge >= 0.3 is 5.97 Å². The molecule has 1 heterocycles. The summed E-state index contributed by atoms with van der Waals surface area (Å²) in [5.74, 6) is -6.89. The van der Waals surface area contributed by atoms with Crippen LogP contribution < -0.4 is 16.4 Å². The Bertz CT molecular complexity index is 1690. The van der Waals surface area contributed by atoms with Crippen LogP contribution in [-0.4, -0.2) is 35.0 Å². The standard InChI is InChI=1S/C31H28Cl2F2N4O4/c1-30(2,3)13-23-31(14-36,19-10-8-16(32)12-21(19)34)24(18-5-4-6-20(33)25(18)35)26(29(42)43)39(23)22-11-15(27(37)40)7-9-17(22)28(38)41/h4-12,23-24,26H,13H2,1-3H3,(H2,37,40)(H2,38,41)(H,42,43)/t23-,24-,26+,31-/m0/s1. The van der Waals surface area contributed by atoms with Crippen molar-refractivity contribution in [2.75, 3.05) is 4.90 Å². The Hall–Kier alpha value is -4.20. The van der Waals surface area contributed by atoms with E-state index in [0.29, 0.717) is 0 Å². The van der Waals surface area contributed by atoms with Gasteiger partial charge < -0.3 is 21.5 Å². The van der Waals surface area contributed by atoms with Crippen LogP contribution in [0.1, 0.15) is 65.0 Å². The number of primary amides is 2. The minimum atomic E-state index is -2.12. The van der Waals surface area contributed by atoms with Crippen LogP contribution in [0.25, 0.3) is 0 Å². The van der Waals surface area contributed by atoms with Gasteiger partial charge in [-0.2, -0.15) is 5.26 Å². The van der Waals surface area contributed by atoms with Crippen molar-refractivity contribution in [2.24, 2.45) is 16.9 Å². The summed E-state index contributed by atoms with van der Waals surface area (Å²) >= 11 is 12.2. The molecule has 0 bridgehead atoms. The highest BCUT2D eigenvalue weighted by atomic mass is 35.5. The molecule has 0 spiro atoms. The number of nitriles is 1. The number of anilines is 1. The average Bonchev–Trinajstić information content (AvgIpc) is 3.19. The highest BCUT2D eigenvalue weighted by molar-refractivity contribution is 6.31. The van der Waals surface area contributed by atoms with Crippen molar-refractivity contribution < 1.29 is 28.3 Å². The third-order valence-corrected chi connectivity index (χ3v) is 8.26. The lowest BCUT2D eigenvalue weighted by molar-refractivity contribution is -0.138. The predicted molar refractivity (Wildman–Crippen MR) is 158 cm³/mol. The second-order valence-electron chi connectivity index (χ2n) is 11.7. The predicted octanol–water partition coefficient (Wildman–Crippen LogP) is 5.79. The van der Waals surface area contributed by atoms with Gasteiger partial charge in [0.05, 0.1) is 28.4 Å². The quantitative estimate of drug-likeness (QED) is 0.301. The van der Waals surface area contributed by atoms with E-state index < -0.39 is 58.2 Å². The topological polar surface area (TPSA) is 151 Å². The van der Waals surface area contributed by atoms with E-state index in [1.807, 2.05) is 20.8 Å². The van der Waals surface area contributed by atoms with Gasteiger partial charge in [-0.25, -0.2) is 13.6 Å². The Morgan fingerprint density at radius 3 is 2.26 bits per heavy atom. The zero-order chi connectivity index (χ0) is 32.0. The second-order valence-corrected chi connectivity index (χ2v) is 12.5. The smallest absolute Gasteiger partial charge is 0.327 e. The van der Waals surface area contributed by atoms with Crippen LogP contribution in [0.3, 0.4) is 0 Å². The molecule has 1 saturated heterocycles. The number of amides is 2. The van der Waals surface area contributed by atoms with Crippen LogP contribution in [0.2, 0.25) is 10.0 Å². The number of carboxylic acids is 1. The fourth-order valence-corrected chi connectivity index (χ4v) is 6.45. The van der Waals surface area contributed by atoms with Crippen molar-refractivity contribution in [3.63, 3.8) is 0 Å². The summed E-state index contributed by atoms with van der Waals surface area (Å²) in [7, 11) is 0. The van der Waals surface area contributed by atoms with Crippen molar-refractivity contribution in [3.8, 4) is 6.07 Å². The van der Waals surface area contributed by atoms with Crippen molar-refractivity contribution >= 4 is 46.7 Å². The SMILES string of the molecule is CC(C)(C)C[C@@H]1N(c2cc(C(N)=O)ccc2C(N)=O)[C@@H](C(=O)O)[C@H](c2cccc(Cl)c2F)[C@@]1(C#N)c1ccc(Cl)cc1F. The summed E-state index contributed by atoms with van der Waals surface area (Å²) < 4.78 is 31.9. The van der Waals surface area contributed by atoms with E-state index in [2.05, 4.69) is 6.07 Å². The third-order valence-electron chi connectivity index (χ3n) is 7.73. The molecule has 4 atom stereocenters. The molecule has 224 valence electrons. The zero-order valence-electron chi connectivity index (χ0n) is 23.4. The maximum Gasteiger partial charge on any atom is 0.327 e. The molecule has 0 saturated carbocycles. The zero-order valence-corrected chi connectivity index (χ0v) is 24.9. The summed E-state index contributed by atoms with van der Waals surface area (Å²) in [5.41, 5.74) is 7.56. The molecule has 1 fully saturated rings. The number of hydrogen-bond donors (Lipinski definition) is 3. The number of carbonyl (C=O) groups excluding carboxylic acids is 2. The molecule has 5 N–H and O–H groups in total. The van der Waals surface area contributed by atoms with Gasteiger partial charge in [-0.05, 0) is 53.8 Å². The van der Waals surface area contributed by atoms with E-state index in [0.717, 1.165) is 6.07 Å². The summed E-state index contributed by atoms with van der Waals surface area (Å²) in [4.78, 5) is 39.5. The maximum absolute atomic E-state index is 16.0. The minimum Gasteiger partial charge on any atom is -0.480 e. The normalized spacial score (nSPS) is 21.8. The lowest BCUT2D eigenvalue weighted by Gasteiger charge is -2.40. The Balaban J connectivity index is 2.26. The number of carbonyl (C=O) groups is 3. The maximum atomic E-state index is 16.0. The summed E-state index contributed by atoms with van der Waals surface area (Å²) in [6.07, 6.45) is 0.0318. The molecule has 3 aromatic rings. The van der Waals surface area contributed by atoms with Crippen molar-refractivity contribution in [2.45, 2.75) is 50.6 Å². The Morgan fingerprint density at radius 2 is 1.72 bits per heavy atom. The van der Waals surface area contributed by atoms with Gasteiger partial charge in [-0.1, -0.05) is 62.2 Å². The number of nitrogens with two attached hydrogens (primary N) is 2. The van der Waals surface area contributed by atoms with E-state index >= 15 is 8.78 Å². The van der Waals surface area contributed by atoms with Crippen LogP contribution in [0.4, 0.5) is 14.5 Å². The first-order valence-corrected chi connectivity index (χ1v) is 13.9. The summed E-state index contributed by atoms with van der Waals surface area (Å²) in [6.45, 7) is 5.47. The van der Waals surface area contributed by atoms with Gasteiger partial charge in [-0.15, -0.1) is 0 Å². The monoisotopic (exact) mass is 628 g/mol. The lowest BCUT2D eigenvalue weighted by Crippen LogP contribution is -2.48. The summed E-state index contributed by atoms with van der Waals surface area (Å²) in [5, 5.41) is 21.6. The molecule has 43 heavy (non-hydrogen) atoms. The fraction of sp³-hybridized carbons (Fsp3) is 0.290. The van der Waals surface area contributed by atoms with Crippen LogP contribution >= 0.6 is 23.2 Å². The number of hydrogen-bond acceptors (Lipinski definition) is 5. The number of aliphatic carboxylic acids is 1. The molecular formula is C31H28Cl2F2N4O4. The molecule has 3 aromatic carbocycles. The first-order chi connectivity index (χ1) is 20.0. The fourth-order valence-electron chi connectivity index (χ4n) is 6.11. The molecule has 4 rings (SSSR count). The molecule has 12 heteroatoms. The number of halogens is 4. The Kier molecular flexibility index (Phi) is 8.47. The van der Waals surface area contributed by atoms with Gasteiger partial charge in [0, 0.05) is 22.1 Å². The number of benzene rings is 3. The molecule has 0 aliphatic carbocycles. The van der Waals surface area contributed by atoms with Crippen molar-refractivity contribution in [1.82, 2.24) is 0 Å². The van der Waals surface area contributed by atoms with Crippen LogP contribution in [-0.2, 0) is 10.2 Å². The summed E-state index contributed by atoms with van der Waals surface area (Å²) in [6, 6.07) is 10.4. The van der Waals surface area contributed by atoms with Crippen LogP contribution in [0, 0.1) is 28.4 Å². The second kappa shape index (κ2) is 11.5. The third kappa shape index (κ3) is 5.51. The highest BCUT2D eigenvalue weighted by Gasteiger charge is 2.65. The average molecular weight is 629 g/mol. The van der Waals surface area contributed by atoms with E-state index in [1.54, 1.807) is 0 Å². The van der Waals surface area contributed by atoms with E-state index in [-0.39, 0.29) is 44.4 Å². The van der Waals surface area contributed by atoms with E-state index in [9.17, 15) is 24.8 Å². The Labute approximate surface area is 256 Å². The number of nitrogens with zero attached hydrogens (tertiary/aromatic N) is 2. The molecule has 8 nitrogen and oxygen atoms in total. The van der Waals surface area contributed by atoms with Crippen LogP contribution in [0.15, 0.2) is 54.6 Å². The first-order valence-electron chi connectivity index (χ1n) is 13.1. The number of carboxylic acid groups (broad SMARTS) is 1. The Morgan fingerprint density at radius 1 is 1.05 bits per heavy atom. The van der Waals surface area contributed by atoms with Gasteiger partial charge in [-0.3, -0.25) is 9.59 Å². The molecule has 1 aliphatic heterocycles. The van der Waals surface area contributed by atoms with Gasteiger partial charge in [0.25, 0.3) is 5.91 Å². The lowest BCUT2D eigenvalue weighted by atomic mass is 9.62. The molecular weight excluding hydrogens is 601 g/mol. The first kappa shape index (κ1) is 31.7. The molecule has 0 unspecified atom stereocenters. The van der Waals surface area contributed by atoms with E-state index in [4.69, 9.17) is 34.7 Å². The van der Waals surface area contributed by atoms with Crippen LogP contribution in [0.5, 0.6) is 0 Å². The van der Waals surface area contributed by atoms with Gasteiger partial charge in [0.15, 0.2) is 0 Å². The van der Waals surface area contributed by atoms with Crippen molar-refractivity contribution in [1.29, 1.82) is 5.26 Å². The number of rotatable bonds is 7. The van der Waals surface area contributed by atoms with E-state index in [1.165, 1.54) is 53.4 Å². The van der Waals surface area contributed by atoms with Gasteiger partial charge in [0.1, 0.15) is 23.1 Å². The molecule has 2 amide bonds. The molecule has 0 radical (unpaired) electrons. The highest BCUT2D eigenvalue weighted by Crippen LogP contribution is 2.58. The largest absolute Gasteiger partial charge is 0.480 e. The minimum absolute atomic E-state index is 0.0157. The van der Waals surface area contributed by atoms with Crippen molar-refractivity contribution in [3.05, 3.63) is 98.5 Å². The molecule has 1 aliphatic rings.